The molecule has 0 saturated carbocycles. The number of ether oxygens (including phenoxy) is 2. The van der Waals surface area contributed by atoms with Crippen LogP contribution in [-0.2, 0) is 57.4 Å². The summed E-state index contributed by atoms with van der Waals surface area (Å²) in [5.74, 6) is -7.45. The van der Waals surface area contributed by atoms with Crippen LogP contribution in [0.4, 0.5) is 4.79 Å². The van der Waals surface area contributed by atoms with E-state index >= 15 is 0 Å². The predicted molar refractivity (Wildman–Crippen MR) is 353 cm³/mol. The number of ketones is 1. The van der Waals surface area contributed by atoms with Crippen LogP contribution in [0.2, 0.25) is 0 Å². The fourth-order valence-electron chi connectivity index (χ4n) is 12.3. The van der Waals surface area contributed by atoms with E-state index in [1.54, 1.807) is 79.5 Å². The molecule has 524 valence electrons. The minimum absolute atomic E-state index is 0.0896. The third-order valence-electron chi connectivity index (χ3n) is 18.2. The Kier molecular flexibility index (Phi) is 34.3. The van der Waals surface area contributed by atoms with Gasteiger partial charge in [0.25, 0.3) is 11.8 Å². The van der Waals surface area contributed by atoms with Crippen LogP contribution in [0.15, 0.2) is 42.5 Å². The van der Waals surface area contributed by atoms with E-state index in [2.05, 4.69) is 31.5 Å². The molecule has 0 spiro atoms. The number of primary amides is 1. The molecular formula is C67H112N12O14. The van der Waals surface area contributed by atoms with Gasteiger partial charge in [-0.25, -0.2) is 4.79 Å². The van der Waals surface area contributed by atoms with Crippen molar-refractivity contribution in [3.63, 3.8) is 0 Å². The van der Waals surface area contributed by atoms with Crippen molar-refractivity contribution in [1.29, 1.82) is 0 Å². The second kappa shape index (κ2) is 39.7. The summed E-state index contributed by atoms with van der Waals surface area (Å²) in [6, 6.07) is 3.43. The highest BCUT2D eigenvalue weighted by molar-refractivity contribution is 6.12. The zero-order valence-corrected chi connectivity index (χ0v) is 58.2. The van der Waals surface area contributed by atoms with Crippen molar-refractivity contribution in [2.75, 3.05) is 94.8 Å². The molecule has 11 amide bonds. The molecule has 1 aromatic carbocycles. The van der Waals surface area contributed by atoms with E-state index in [1.807, 2.05) is 51.0 Å². The van der Waals surface area contributed by atoms with Crippen molar-refractivity contribution < 1.29 is 67.3 Å². The van der Waals surface area contributed by atoms with Crippen molar-refractivity contribution in [3.05, 3.63) is 48.0 Å². The van der Waals surface area contributed by atoms with E-state index < -0.39 is 120 Å². The van der Waals surface area contributed by atoms with Crippen LogP contribution >= 0.6 is 0 Å². The Bertz CT molecular complexity index is 2640. The number of hydrogen-bond donors (Lipinski definition) is 7. The van der Waals surface area contributed by atoms with Gasteiger partial charge in [0, 0.05) is 98.5 Å². The smallest absolute Gasteiger partial charge is 0.312 e. The van der Waals surface area contributed by atoms with Gasteiger partial charge < -0.3 is 71.4 Å². The van der Waals surface area contributed by atoms with Crippen LogP contribution in [0.25, 0.3) is 0 Å². The second-order valence-corrected chi connectivity index (χ2v) is 26.3. The lowest BCUT2D eigenvalue weighted by molar-refractivity contribution is -0.148. The zero-order valence-electron chi connectivity index (χ0n) is 58.2. The number of aliphatic hydroxyl groups excluding tert-OH is 1. The van der Waals surface area contributed by atoms with Crippen molar-refractivity contribution >= 4 is 65.0 Å². The molecule has 93 heavy (non-hydrogen) atoms. The van der Waals surface area contributed by atoms with Crippen LogP contribution in [0.5, 0.6) is 0 Å². The standard InChI is InChI=1S/C67H112N12O14/c1-17-44(8)60(51(92-15)39-55(84)78-33-22-27-49(78)62(93-16)45(9)63(87)71-46(10)61(86)47-24-19-18-20-25-47)77(14)66(90)58(42(4)5)73-65(89)59(43(6)7)76(13)56(85)40-70-64(88)48(26-21-31-69-67(68)91)38-50(80)57(41(2)3)72-52(81)30-35-75(12)37-36-74(11)32-23-34-79-53(82)28-29-54(79)83/h18-20,24-25,28-29,41-46,48-49,51,57-62,86H,17,21-23,26-27,30-40H2,1-16H3,(H,70,88)(H,71,87)(H,72,81)(H,73,89)(H3,68,69,91)/t44-,45+,46+,48?,49-,51+,57-,58-,59-,60-,61+,62+/m0/s1. The topological polar surface area (TPSA) is 332 Å². The quantitative estimate of drug-likeness (QED) is 0.0365. The van der Waals surface area contributed by atoms with Crippen molar-refractivity contribution in [1.82, 2.24) is 56.0 Å². The normalized spacial score (nSPS) is 17.7. The number of methoxy groups -OCH3 is 2. The lowest BCUT2D eigenvalue weighted by atomic mass is 9.89. The summed E-state index contributed by atoms with van der Waals surface area (Å²) in [5.41, 5.74) is 5.95. The Labute approximate surface area is 551 Å². The summed E-state index contributed by atoms with van der Waals surface area (Å²) in [4.78, 5) is 158. The number of imide groups is 1. The highest BCUT2D eigenvalue weighted by Gasteiger charge is 2.44. The molecule has 1 saturated heterocycles. The number of nitrogens with one attached hydrogen (secondary N) is 5. The lowest BCUT2D eigenvalue weighted by Gasteiger charge is -2.41. The first-order valence-corrected chi connectivity index (χ1v) is 33.1. The number of rotatable bonds is 42. The minimum Gasteiger partial charge on any atom is -0.386 e. The van der Waals surface area contributed by atoms with Crippen molar-refractivity contribution in [2.45, 2.75) is 182 Å². The molecule has 0 aromatic heterocycles. The Morgan fingerprint density at radius 2 is 1.32 bits per heavy atom. The van der Waals surface area contributed by atoms with Crippen LogP contribution in [0.3, 0.4) is 0 Å². The molecule has 8 N–H and O–H groups in total. The summed E-state index contributed by atoms with van der Waals surface area (Å²) in [6.07, 6.45) is 2.63. The SMILES string of the molecule is CC[C@H](C)[C@@H]([C@@H](CC(=O)N1CCC[C@H]1[C@H](OC)[C@@H](C)C(=O)N[C@H](C)[C@@H](O)c1ccccc1)OC)N(C)C(=O)[C@@H](NC(=O)[C@H](C(C)C)N(C)C(=O)CNC(=O)C(CCCNC(N)=O)CC(=O)[C@@H](NC(=O)CCN(C)CCN(C)CCCN1C(=O)C=CC1=O)C(C)C)C(C)C. The molecule has 26 heteroatoms. The van der Waals surface area contributed by atoms with Crippen LogP contribution in [-0.4, -0.2) is 243 Å². The number of Topliss-reactive ketones (excluding diaryl/α,β-unsaturated/α-hetero) is 1. The summed E-state index contributed by atoms with van der Waals surface area (Å²) >= 11 is 0. The van der Waals surface area contributed by atoms with E-state index in [0.717, 1.165) is 0 Å². The highest BCUT2D eigenvalue weighted by Crippen LogP contribution is 2.31. The number of urea groups is 1. The van der Waals surface area contributed by atoms with E-state index in [1.165, 1.54) is 48.1 Å². The van der Waals surface area contributed by atoms with E-state index in [-0.39, 0.29) is 80.0 Å². The van der Waals surface area contributed by atoms with Crippen molar-refractivity contribution in [2.24, 2.45) is 41.2 Å². The largest absolute Gasteiger partial charge is 0.386 e. The number of carbonyl (C=O) groups excluding carboxylic acids is 11. The maximum absolute atomic E-state index is 14.9. The first kappa shape index (κ1) is 80.4. The minimum atomic E-state index is -1.12. The van der Waals surface area contributed by atoms with Gasteiger partial charge in [0.2, 0.25) is 41.4 Å². The van der Waals surface area contributed by atoms with Crippen LogP contribution < -0.4 is 32.3 Å². The molecule has 0 bridgehead atoms. The number of aliphatic hydroxyl groups is 1. The van der Waals surface area contributed by atoms with E-state index in [0.29, 0.717) is 70.5 Å². The number of nitrogens with two attached hydrogens (primary N) is 1. The summed E-state index contributed by atoms with van der Waals surface area (Å²) in [7, 11) is 9.86. The average Bonchev–Trinajstić information content (AvgIpc) is 1.81. The van der Waals surface area contributed by atoms with Gasteiger partial charge in [-0.1, -0.05) is 99.1 Å². The molecule has 12 atom stereocenters. The van der Waals surface area contributed by atoms with Gasteiger partial charge in [-0.2, -0.15) is 0 Å². The second-order valence-electron chi connectivity index (χ2n) is 26.3. The summed E-state index contributed by atoms with van der Waals surface area (Å²) in [6.45, 7) is 20.7. The zero-order chi connectivity index (χ0) is 70.0. The van der Waals surface area contributed by atoms with Gasteiger partial charge in [-0.05, 0) is 88.9 Å². The van der Waals surface area contributed by atoms with Gasteiger partial charge in [0.05, 0.1) is 61.4 Å². The molecule has 1 aromatic rings. The Morgan fingerprint density at radius 3 is 1.88 bits per heavy atom. The summed E-state index contributed by atoms with van der Waals surface area (Å²) < 4.78 is 12.1. The van der Waals surface area contributed by atoms with Gasteiger partial charge in [0.15, 0.2) is 5.78 Å². The molecule has 1 unspecified atom stereocenters. The third-order valence-corrected chi connectivity index (χ3v) is 18.2. The third kappa shape index (κ3) is 24.8. The Hall–Kier alpha value is -6.87. The molecule has 26 nitrogen and oxygen atoms in total. The molecular weight excluding hydrogens is 1200 g/mol. The van der Waals surface area contributed by atoms with Crippen LogP contribution in [0, 0.1) is 35.5 Å². The molecule has 3 rings (SSSR count). The van der Waals surface area contributed by atoms with Crippen molar-refractivity contribution in [3.8, 4) is 0 Å². The Morgan fingerprint density at radius 1 is 0.710 bits per heavy atom. The number of nitrogens with zero attached hydrogens (tertiary/aromatic N) is 6. The number of amides is 11. The molecule has 1 fully saturated rings. The number of benzene rings is 1. The molecule has 2 aliphatic rings. The summed E-state index contributed by atoms with van der Waals surface area (Å²) in [5, 5.41) is 24.8. The Balaban J connectivity index is 1.69. The highest BCUT2D eigenvalue weighted by atomic mass is 16.5. The van der Waals surface area contributed by atoms with Crippen LogP contribution in [0.1, 0.15) is 139 Å². The maximum Gasteiger partial charge on any atom is 0.312 e. The molecule has 0 radical (unpaired) electrons. The number of carbonyl (C=O) groups is 11. The number of hydrogen-bond acceptors (Lipinski definition) is 16. The number of likely N-dealkylation sites (N-methyl/N-ethyl adjacent to an activating group) is 4. The first-order valence-electron chi connectivity index (χ1n) is 33.1. The fourth-order valence-corrected chi connectivity index (χ4v) is 12.3. The van der Waals surface area contributed by atoms with Gasteiger partial charge >= 0.3 is 6.03 Å². The van der Waals surface area contributed by atoms with E-state index in [9.17, 15) is 57.8 Å². The number of likely N-dealkylation sites (tertiary alicyclic amines) is 1. The van der Waals surface area contributed by atoms with Gasteiger partial charge in [0.1, 0.15) is 12.1 Å². The first-order chi connectivity index (χ1) is 43.8. The molecule has 0 aliphatic carbocycles. The fraction of sp³-hybridized carbons (Fsp3) is 0.716. The molecule has 2 heterocycles. The van der Waals surface area contributed by atoms with Gasteiger partial charge in [-0.15, -0.1) is 0 Å². The molecule has 2 aliphatic heterocycles. The maximum atomic E-state index is 14.9. The van der Waals surface area contributed by atoms with E-state index in [4.69, 9.17) is 15.2 Å². The lowest BCUT2D eigenvalue weighted by Crippen LogP contribution is -2.60. The average molecular weight is 1310 g/mol. The monoisotopic (exact) mass is 1310 g/mol. The predicted octanol–water partition coefficient (Wildman–Crippen LogP) is 2.62. The van der Waals surface area contributed by atoms with Gasteiger partial charge in [-0.3, -0.25) is 52.8 Å².